The van der Waals surface area contributed by atoms with Crippen molar-refractivity contribution in [3.63, 3.8) is 0 Å². The minimum absolute atomic E-state index is 0.200. The number of hydrogen-bond acceptors (Lipinski definition) is 4. The van der Waals surface area contributed by atoms with Gasteiger partial charge in [0.25, 0.3) is 0 Å². The van der Waals surface area contributed by atoms with E-state index in [1.165, 1.54) is 24.3 Å². The van der Waals surface area contributed by atoms with Crippen LogP contribution in [0.2, 0.25) is 0 Å². The van der Waals surface area contributed by atoms with E-state index in [0.29, 0.717) is 5.56 Å². The van der Waals surface area contributed by atoms with Crippen LogP contribution in [0.3, 0.4) is 0 Å². The average Bonchev–Trinajstić information content (AvgIpc) is 3.10. The molecule has 0 N–H and O–H groups in total. The number of benzene rings is 2. The molecule has 24 heavy (non-hydrogen) atoms. The molecule has 0 radical (unpaired) electrons. The third-order valence-corrected chi connectivity index (χ3v) is 3.47. The van der Waals surface area contributed by atoms with Gasteiger partial charge in [-0.25, -0.2) is 0 Å². The summed E-state index contributed by atoms with van der Waals surface area (Å²) >= 11 is 0. The van der Waals surface area contributed by atoms with Crippen LogP contribution in [0.4, 0.5) is 5.88 Å². The van der Waals surface area contributed by atoms with Crippen LogP contribution >= 0.6 is 0 Å². The second kappa shape index (κ2) is 6.75. The van der Waals surface area contributed by atoms with Crippen molar-refractivity contribution in [3.05, 3.63) is 94.2 Å². The maximum absolute atomic E-state index is 12.1. The topological polar surface area (TPSA) is 73.3 Å². The summed E-state index contributed by atoms with van der Waals surface area (Å²) < 4.78 is 4.97. The van der Waals surface area contributed by atoms with E-state index >= 15 is 0 Å². The summed E-state index contributed by atoms with van der Waals surface area (Å²) in [6, 6.07) is 19.8. The lowest BCUT2D eigenvalue weighted by atomic mass is 10.0. The van der Waals surface area contributed by atoms with Crippen molar-refractivity contribution >= 4 is 17.7 Å². The standard InChI is InChI=1S/C19H13NO4/c21-18(12-10-17-11-13-19(24-17)20(22)23)16-8-6-15(7-9-16)14-4-2-1-3-5-14/h1-13H/b12-10+. The summed E-state index contributed by atoms with van der Waals surface area (Å²) in [5, 5.41) is 10.5. The summed E-state index contributed by atoms with van der Waals surface area (Å²) in [7, 11) is 0. The van der Waals surface area contributed by atoms with Gasteiger partial charge in [0.1, 0.15) is 10.7 Å². The van der Waals surface area contributed by atoms with Gasteiger partial charge in [0.05, 0.1) is 6.07 Å². The van der Waals surface area contributed by atoms with Crippen molar-refractivity contribution in [1.29, 1.82) is 0 Å². The molecule has 3 aromatic rings. The number of rotatable bonds is 5. The van der Waals surface area contributed by atoms with Crippen molar-refractivity contribution < 1.29 is 14.1 Å². The smallest absolute Gasteiger partial charge is 0.401 e. The molecule has 2 aromatic carbocycles. The Morgan fingerprint density at radius 1 is 0.917 bits per heavy atom. The second-order valence-corrected chi connectivity index (χ2v) is 5.07. The Kier molecular flexibility index (Phi) is 4.34. The molecule has 0 aliphatic rings. The molecule has 0 aliphatic heterocycles. The highest BCUT2D eigenvalue weighted by Gasteiger charge is 2.10. The number of allylic oxidation sites excluding steroid dienone is 1. The Bertz CT molecular complexity index is 893. The lowest BCUT2D eigenvalue weighted by Gasteiger charge is -2.02. The third kappa shape index (κ3) is 3.47. The molecular weight excluding hydrogens is 306 g/mol. The maximum atomic E-state index is 12.1. The summed E-state index contributed by atoms with van der Waals surface area (Å²) in [6.07, 6.45) is 2.75. The van der Waals surface area contributed by atoms with Crippen LogP contribution in [-0.2, 0) is 0 Å². The van der Waals surface area contributed by atoms with Crippen LogP contribution in [-0.4, -0.2) is 10.7 Å². The fourth-order valence-corrected chi connectivity index (χ4v) is 2.24. The minimum atomic E-state index is -0.624. The van der Waals surface area contributed by atoms with Crippen LogP contribution < -0.4 is 0 Å². The molecular formula is C19H13NO4. The van der Waals surface area contributed by atoms with E-state index in [1.54, 1.807) is 12.1 Å². The molecule has 118 valence electrons. The van der Waals surface area contributed by atoms with Crippen molar-refractivity contribution in [2.75, 3.05) is 0 Å². The normalized spacial score (nSPS) is 10.8. The number of carbonyl (C=O) groups is 1. The molecule has 0 saturated heterocycles. The molecule has 0 aliphatic carbocycles. The van der Waals surface area contributed by atoms with Crippen LogP contribution in [0.15, 0.2) is 77.2 Å². The summed E-state index contributed by atoms with van der Waals surface area (Å²) in [6.45, 7) is 0. The van der Waals surface area contributed by atoms with Gasteiger partial charge in [-0.1, -0.05) is 54.6 Å². The van der Waals surface area contributed by atoms with Crippen molar-refractivity contribution in [2.24, 2.45) is 0 Å². The zero-order chi connectivity index (χ0) is 16.9. The van der Waals surface area contributed by atoms with Crippen LogP contribution in [0.1, 0.15) is 16.1 Å². The number of ketones is 1. The van der Waals surface area contributed by atoms with E-state index < -0.39 is 4.92 Å². The predicted octanol–water partition coefficient (Wildman–Crippen LogP) is 4.75. The second-order valence-electron chi connectivity index (χ2n) is 5.07. The quantitative estimate of drug-likeness (QED) is 0.294. The zero-order valence-corrected chi connectivity index (χ0v) is 12.6. The fraction of sp³-hybridized carbons (Fsp3) is 0. The molecule has 0 amide bonds. The summed E-state index contributed by atoms with van der Waals surface area (Å²) in [5.41, 5.74) is 2.64. The van der Waals surface area contributed by atoms with Gasteiger partial charge in [-0.3, -0.25) is 14.9 Å². The van der Waals surface area contributed by atoms with E-state index in [4.69, 9.17) is 4.42 Å². The molecule has 1 heterocycles. The molecule has 0 saturated carbocycles. The largest absolute Gasteiger partial charge is 0.433 e. The molecule has 0 unspecified atom stereocenters. The van der Waals surface area contributed by atoms with E-state index in [-0.39, 0.29) is 17.4 Å². The van der Waals surface area contributed by atoms with Crippen LogP contribution in [0.5, 0.6) is 0 Å². The number of furan rings is 1. The van der Waals surface area contributed by atoms with Gasteiger partial charge >= 0.3 is 5.88 Å². The SMILES string of the molecule is O=C(/C=C/c1ccc([N+](=O)[O-])o1)c1ccc(-c2ccccc2)cc1. The van der Waals surface area contributed by atoms with Gasteiger partial charge in [0.15, 0.2) is 5.78 Å². The lowest BCUT2D eigenvalue weighted by Crippen LogP contribution is -1.93. The third-order valence-electron chi connectivity index (χ3n) is 3.47. The molecule has 0 atom stereocenters. The zero-order valence-electron chi connectivity index (χ0n) is 12.6. The average molecular weight is 319 g/mol. The predicted molar refractivity (Wildman–Crippen MR) is 90.6 cm³/mol. The summed E-state index contributed by atoms with van der Waals surface area (Å²) in [4.78, 5) is 22.1. The van der Waals surface area contributed by atoms with Gasteiger partial charge < -0.3 is 4.42 Å². The summed E-state index contributed by atoms with van der Waals surface area (Å²) in [5.74, 6) is -0.293. The molecule has 0 fully saturated rings. The molecule has 5 heteroatoms. The Balaban J connectivity index is 1.73. The van der Waals surface area contributed by atoms with Crippen LogP contribution in [0, 0.1) is 10.1 Å². The first-order chi connectivity index (χ1) is 11.6. The molecule has 0 bridgehead atoms. The van der Waals surface area contributed by atoms with E-state index in [2.05, 4.69) is 0 Å². The lowest BCUT2D eigenvalue weighted by molar-refractivity contribution is -0.402. The maximum Gasteiger partial charge on any atom is 0.433 e. The number of carbonyl (C=O) groups excluding carboxylic acids is 1. The van der Waals surface area contributed by atoms with Gasteiger partial charge in [0.2, 0.25) is 0 Å². The van der Waals surface area contributed by atoms with E-state index in [0.717, 1.165) is 11.1 Å². The number of hydrogen-bond donors (Lipinski definition) is 0. The molecule has 0 spiro atoms. The molecule has 5 nitrogen and oxygen atoms in total. The number of nitrogens with zero attached hydrogens (tertiary/aromatic N) is 1. The Morgan fingerprint density at radius 2 is 1.58 bits per heavy atom. The first-order valence-electron chi connectivity index (χ1n) is 7.25. The van der Waals surface area contributed by atoms with Crippen molar-refractivity contribution in [1.82, 2.24) is 0 Å². The van der Waals surface area contributed by atoms with E-state index in [1.807, 2.05) is 42.5 Å². The first kappa shape index (κ1) is 15.4. The highest BCUT2D eigenvalue weighted by atomic mass is 16.6. The molecule has 3 rings (SSSR count). The number of nitro groups is 1. The van der Waals surface area contributed by atoms with Crippen molar-refractivity contribution in [2.45, 2.75) is 0 Å². The van der Waals surface area contributed by atoms with Gasteiger partial charge in [0, 0.05) is 5.56 Å². The van der Waals surface area contributed by atoms with Gasteiger partial charge in [-0.2, -0.15) is 0 Å². The highest BCUT2D eigenvalue weighted by Crippen LogP contribution is 2.20. The van der Waals surface area contributed by atoms with Gasteiger partial charge in [-0.15, -0.1) is 0 Å². The fourth-order valence-electron chi connectivity index (χ4n) is 2.24. The monoisotopic (exact) mass is 319 g/mol. The Hall–Kier alpha value is -3.47. The Morgan fingerprint density at radius 3 is 2.21 bits per heavy atom. The highest BCUT2D eigenvalue weighted by molar-refractivity contribution is 6.06. The Labute approximate surface area is 138 Å². The van der Waals surface area contributed by atoms with E-state index in [9.17, 15) is 14.9 Å². The first-order valence-corrected chi connectivity index (χ1v) is 7.25. The minimum Gasteiger partial charge on any atom is -0.401 e. The van der Waals surface area contributed by atoms with Crippen molar-refractivity contribution in [3.8, 4) is 11.1 Å². The van der Waals surface area contributed by atoms with Crippen LogP contribution in [0.25, 0.3) is 17.2 Å². The molecule has 1 aromatic heterocycles. The van der Waals surface area contributed by atoms with Gasteiger partial charge in [-0.05, 0) is 29.3 Å².